The molecule has 2 unspecified atom stereocenters. The Balaban J connectivity index is 1.64. The van der Waals surface area contributed by atoms with E-state index in [1.807, 2.05) is 12.1 Å². The second-order valence-electron chi connectivity index (χ2n) is 5.98. The van der Waals surface area contributed by atoms with E-state index in [9.17, 15) is 8.78 Å². The average molecular weight is 281 g/mol. The van der Waals surface area contributed by atoms with Gasteiger partial charge in [0.05, 0.1) is 5.69 Å². The molecule has 1 aromatic rings. The van der Waals surface area contributed by atoms with Gasteiger partial charge in [0.25, 0.3) is 0 Å². The number of halogens is 2. The van der Waals surface area contributed by atoms with Gasteiger partial charge in [-0.3, -0.25) is 0 Å². The third-order valence-corrected chi connectivity index (χ3v) is 4.47. The highest BCUT2D eigenvalue weighted by atomic mass is 19.3. The Labute approximate surface area is 118 Å². The normalized spacial score (nSPS) is 26.6. The summed E-state index contributed by atoms with van der Waals surface area (Å²) in [5.41, 5.74) is 0.689. The topological polar surface area (TPSA) is 21.3 Å². The summed E-state index contributed by atoms with van der Waals surface area (Å²) in [7, 11) is 0. The number of alkyl halides is 2. The molecule has 0 bridgehead atoms. The summed E-state index contributed by atoms with van der Waals surface area (Å²) in [6.07, 6.45) is 7.60. The van der Waals surface area contributed by atoms with Crippen LogP contribution in [0.15, 0.2) is 24.3 Å². The van der Waals surface area contributed by atoms with Crippen molar-refractivity contribution in [1.82, 2.24) is 0 Å². The molecule has 2 aliphatic rings. The van der Waals surface area contributed by atoms with Crippen LogP contribution < -0.4 is 10.1 Å². The third kappa shape index (κ3) is 3.41. The van der Waals surface area contributed by atoms with E-state index in [1.54, 1.807) is 12.1 Å². The molecule has 20 heavy (non-hydrogen) atoms. The minimum absolute atomic E-state index is 0.246. The molecule has 0 aromatic heterocycles. The molecule has 0 spiro atoms. The first-order chi connectivity index (χ1) is 9.72. The highest BCUT2D eigenvalue weighted by Crippen LogP contribution is 2.44. The predicted molar refractivity (Wildman–Crippen MR) is 75.2 cm³/mol. The molecule has 2 atom stereocenters. The van der Waals surface area contributed by atoms with E-state index in [-0.39, 0.29) is 5.75 Å². The maximum absolute atomic E-state index is 12.4. The minimum Gasteiger partial charge on any atom is -0.433 e. The van der Waals surface area contributed by atoms with Gasteiger partial charge in [0, 0.05) is 6.04 Å². The van der Waals surface area contributed by atoms with Crippen molar-refractivity contribution >= 4 is 5.69 Å². The molecule has 4 heteroatoms. The number of rotatable bonds is 5. The largest absolute Gasteiger partial charge is 0.433 e. The van der Waals surface area contributed by atoms with E-state index >= 15 is 0 Å². The zero-order valence-electron chi connectivity index (χ0n) is 11.5. The van der Waals surface area contributed by atoms with Crippen LogP contribution in [0.25, 0.3) is 0 Å². The molecule has 0 heterocycles. The lowest BCUT2D eigenvalue weighted by Crippen LogP contribution is -2.28. The Bertz CT molecular complexity index is 448. The highest BCUT2D eigenvalue weighted by molar-refractivity contribution is 5.56. The molecule has 2 saturated carbocycles. The molecule has 0 amide bonds. The quantitative estimate of drug-likeness (QED) is 0.847. The van der Waals surface area contributed by atoms with Crippen molar-refractivity contribution in [3.05, 3.63) is 24.3 Å². The smallest absolute Gasteiger partial charge is 0.387 e. The molecule has 0 saturated heterocycles. The van der Waals surface area contributed by atoms with Crippen LogP contribution in [0.3, 0.4) is 0 Å². The second kappa shape index (κ2) is 5.98. The number of anilines is 1. The Morgan fingerprint density at radius 3 is 2.60 bits per heavy atom. The fourth-order valence-corrected chi connectivity index (χ4v) is 3.36. The summed E-state index contributed by atoms with van der Waals surface area (Å²) in [5, 5.41) is 3.41. The molecule has 110 valence electrons. The van der Waals surface area contributed by atoms with Crippen LogP contribution in [-0.2, 0) is 0 Å². The van der Waals surface area contributed by atoms with Crippen molar-refractivity contribution in [1.29, 1.82) is 0 Å². The summed E-state index contributed by atoms with van der Waals surface area (Å²) in [4.78, 5) is 0. The van der Waals surface area contributed by atoms with Crippen LogP contribution in [0.5, 0.6) is 5.75 Å². The summed E-state index contributed by atoms with van der Waals surface area (Å²) >= 11 is 0. The zero-order valence-corrected chi connectivity index (χ0v) is 11.5. The summed E-state index contributed by atoms with van der Waals surface area (Å²) in [5.74, 6) is 1.99. The standard InChI is InChI=1S/C16H21F2NO/c17-16(18)20-15-7-2-1-6-14(15)19-13-5-3-4-12(10-13)11-8-9-11/h1-2,6-7,11-13,16,19H,3-5,8-10H2. The van der Waals surface area contributed by atoms with E-state index < -0.39 is 6.61 Å². The van der Waals surface area contributed by atoms with Crippen molar-refractivity contribution in [2.24, 2.45) is 11.8 Å². The molecular weight excluding hydrogens is 260 g/mol. The molecule has 0 aliphatic heterocycles. The van der Waals surface area contributed by atoms with E-state index in [1.165, 1.54) is 25.7 Å². The van der Waals surface area contributed by atoms with E-state index in [4.69, 9.17) is 0 Å². The van der Waals surface area contributed by atoms with Gasteiger partial charge in [-0.15, -0.1) is 0 Å². The molecule has 2 fully saturated rings. The monoisotopic (exact) mass is 281 g/mol. The molecule has 1 aromatic carbocycles. The maximum Gasteiger partial charge on any atom is 0.387 e. The van der Waals surface area contributed by atoms with Gasteiger partial charge in [-0.2, -0.15) is 8.78 Å². The van der Waals surface area contributed by atoms with Crippen LogP contribution >= 0.6 is 0 Å². The SMILES string of the molecule is FC(F)Oc1ccccc1NC1CCCC(C2CC2)C1. The van der Waals surface area contributed by atoms with Crippen LogP contribution in [0.4, 0.5) is 14.5 Å². The van der Waals surface area contributed by atoms with E-state index in [0.29, 0.717) is 11.7 Å². The molecule has 1 N–H and O–H groups in total. The van der Waals surface area contributed by atoms with Gasteiger partial charge in [-0.05, 0) is 49.7 Å². The van der Waals surface area contributed by atoms with Crippen molar-refractivity contribution in [3.63, 3.8) is 0 Å². The lowest BCUT2D eigenvalue weighted by atomic mass is 9.82. The van der Waals surface area contributed by atoms with Crippen molar-refractivity contribution in [2.75, 3.05) is 5.32 Å². The maximum atomic E-state index is 12.4. The van der Waals surface area contributed by atoms with Crippen molar-refractivity contribution in [3.8, 4) is 5.75 Å². The lowest BCUT2D eigenvalue weighted by molar-refractivity contribution is -0.0494. The van der Waals surface area contributed by atoms with Gasteiger partial charge in [-0.25, -0.2) is 0 Å². The first-order valence-corrected chi connectivity index (χ1v) is 7.53. The van der Waals surface area contributed by atoms with Crippen molar-refractivity contribution in [2.45, 2.75) is 51.2 Å². The summed E-state index contributed by atoms with van der Waals surface area (Å²) in [6.45, 7) is -2.77. The molecule has 3 rings (SSSR count). The van der Waals surface area contributed by atoms with Crippen molar-refractivity contribution < 1.29 is 13.5 Å². The van der Waals surface area contributed by atoms with E-state index in [0.717, 1.165) is 24.7 Å². The Kier molecular flexibility index (Phi) is 4.08. The minimum atomic E-state index is -2.77. The van der Waals surface area contributed by atoms with E-state index in [2.05, 4.69) is 10.1 Å². The van der Waals surface area contributed by atoms with Gasteiger partial charge in [0.15, 0.2) is 0 Å². The fourth-order valence-electron chi connectivity index (χ4n) is 3.36. The zero-order chi connectivity index (χ0) is 13.9. The number of hydrogen-bond donors (Lipinski definition) is 1. The van der Waals surface area contributed by atoms with Gasteiger partial charge >= 0.3 is 6.61 Å². The van der Waals surface area contributed by atoms with Gasteiger partial charge in [0.2, 0.25) is 0 Å². The number of ether oxygens (including phenoxy) is 1. The molecule has 2 aliphatic carbocycles. The summed E-state index contributed by atoms with van der Waals surface area (Å²) in [6, 6.07) is 7.36. The third-order valence-electron chi connectivity index (χ3n) is 4.47. The lowest BCUT2D eigenvalue weighted by Gasteiger charge is -2.31. The Hall–Kier alpha value is -1.32. The predicted octanol–water partition coefficient (Wildman–Crippen LogP) is 4.67. The Morgan fingerprint density at radius 1 is 1.05 bits per heavy atom. The first kappa shape index (κ1) is 13.7. The van der Waals surface area contributed by atoms with Crippen LogP contribution in [0.1, 0.15) is 38.5 Å². The number of hydrogen-bond acceptors (Lipinski definition) is 2. The van der Waals surface area contributed by atoms with Crippen LogP contribution in [0, 0.1) is 11.8 Å². The number of benzene rings is 1. The fraction of sp³-hybridized carbons (Fsp3) is 0.625. The van der Waals surface area contributed by atoms with Crippen LogP contribution in [0.2, 0.25) is 0 Å². The average Bonchev–Trinajstić information content (AvgIpc) is 3.25. The molecule has 0 radical (unpaired) electrons. The molecular formula is C16H21F2NO. The molecule has 2 nitrogen and oxygen atoms in total. The second-order valence-corrected chi connectivity index (χ2v) is 5.98. The Morgan fingerprint density at radius 2 is 1.85 bits per heavy atom. The van der Waals surface area contributed by atoms with Gasteiger partial charge < -0.3 is 10.1 Å². The van der Waals surface area contributed by atoms with Gasteiger partial charge in [0.1, 0.15) is 5.75 Å². The highest BCUT2D eigenvalue weighted by Gasteiger charge is 2.34. The van der Waals surface area contributed by atoms with Gasteiger partial charge in [-0.1, -0.05) is 25.0 Å². The summed E-state index contributed by atoms with van der Waals surface area (Å²) < 4.78 is 29.4. The number of nitrogens with one attached hydrogen (secondary N) is 1. The first-order valence-electron chi connectivity index (χ1n) is 7.53. The van der Waals surface area contributed by atoms with Crippen LogP contribution in [-0.4, -0.2) is 12.7 Å². The number of para-hydroxylation sites is 2.